The number of Topliss-reactive ketones (excluding diaryl/α,β-unsaturated/α-hetero) is 1. The minimum absolute atomic E-state index is 0.0683. The Balaban J connectivity index is 1.76. The molecule has 1 heterocycles. The first-order valence-electron chi connectivity index (χ1n) is 8.97. The van der Waals surface area contributed by atoms with E-state index in [1.807, 2.05) is 24.3 Å². The summed E-state index contributed by atoms with van der Waals surface area (Å²) in [5.74, 6) is -1.45. The van der Waals surface area contributed by atoms with E-state index in [4.69, 9.17) is 4.74 Å². The molecule has 27 heavy (non-hydrogen) atoms. The van der Waals surface area contributed by atoms with Gasteiger partial charge in [-0.2, -0.15) is 0 Å². The number of carbonyl (C=O) groups is 1. The standard InChI is InChI=1S/C21H22BrF2NO2/c1-27-17-10-19(23)21(20(24)11-17)18-6-7-25-12-14(18)9-16(26)8-13-2-4-15(22)5-3-13/h2-5,10-11,14,18,25H,6-9,12H2,1H3/t14-,18?/m1/s1. The Labute approximate surface area is 166 Å². The van der Waals surface area contributed by atoms with E-state index in [0.29, 0.717) is 32.4 Å². The number of hydrogen-bond donors (Lipinski definition) is 1. The summed E-state index contributed by atoms with van der Waals surface area (Å²) < 4.78 is 35.0. The van der Waals surface area contributed by atoms with Gasteiger partial charge in [-0.25, -0.2) is 8.78 Å². The van der Waals surface area contributed by atoms with Crippen LogP contribution in [-0.2, 0) is 11.2 Å². The highest BCUT2D eigenvalue weighted by atomic mass is 79.9. The van der Waals surface area contributed by atoms with Crippen LogP contribution in [0.3, 0.4) is 0 Å². The summed E-state index contributed by atoms with van der Waals surface area (Å²) in [5, 5.41) is 3.24. The quantitative estimate of drug-likeness (QED) is 0.715. The lowest BCUT2D eigenvalue weighted by Gasteiger charge is -2.32. The SMILES string of the molecule is COc1cc(F)c(C2CCNC[C@H]2CC(=O)Cc2ccc(Br)cc2)c(F)c1. The molecule has 3 rings (SSSR count). The first-order chi connectivity index (χ1) is 13.0. The zero-order chi connectivity index (χ0) is 19.4. The largest absolute Gasteiger partial charge is 0.497 e. The predicted octanol–water partition coefficient (Wildman–Crippen LogP) is 4.63. The van der Waals surface area contributed by atoms with Crippen molar-refractivity contribution in [2.45, 2.75) is 25.2 Å². The van der Waals surface area contributed by atoms with Crippen LogP contribution >= 0.6 is 15.9 Å². The Morgan fingerprint density at radius 1 is 1.22 bits per heavy atom. The summed E-state index contributed by atoms with van der Waals surface area (Å²) in [6, 6.07) is 10.0. The highest BCUT2D eigenvalue weighted by molar-refractivity contribution is 9.10. The molecule has 144 valence electrons. The van der Waals surface area contributed by atoms with Crippen molar-refractivity contribution in [2.24, 2.45) is 5.92 Å². The van der Waals surface area contributed by atoms with Crippen LogP contribution in [0.1, 0.15) is 29.9 Å². The molecule has 0 aliphatic carbocycles. The minimum atomic E-state index is -0.607. The van der Waals surface area contributed by atoms with Gasteiger partial charge in [-0.15, -0.1) is 0 Å². The third-order valence-corrected chi connectivity index (χ3v) is 5.60. The van der Waals surface area contributed by atoms with Crippen molar-refractivity contribution in [3.63, 3.8) is 0 Å². The van der Waals surface area contributed by atoms with Crippen LogP contribution in [0.2, 0.25) is 0 Å². The number of ketones is 1. The molecule has 0 aromatic heterocycles. The predicted molar refractivity (Wildman–Crippen MR) is 104 cm³/mol. The molecule has 2 aromatic rings. The molecule has 1 saturated heterocycles. The molecule has 1 aliphatic heterocycles. The molecular weight excluding hydrogens is 416 g/mol. The first-order valence-corrected chi connectivity index (χ1v) is 9.77. The van der Waals surface area contributed by atoms with Crippen molar-refractivity contribution in [3.05, 3.63) is 63.6 Å². The van der Waals surface area contributed by atoms with E-state index < -0.39 is 11.6 Å². The summed E-state index contributed by atoms with van der Waals surface area (Å²) in [4.78, 5) is 12.6. The Morgan fingerprint density at radius 3 is 2.52 bits per heavy atom. The third kappa shape index (κ3) is 4.93. The fourth-order valence-electron chi connectivity index (χ4n) is 3.75. The molecule has 1 N–H and O–H groups in total. The number of piperidine rings is 1. The summed E-state index contributed by atoms with van der Waals surface area (Å²) >= 11 is 3.38. The van der Waals surface area contributed by atoms with E-state index in [1.165, 1.54) is 19.2 Å². The van der Waals surface area contributed by atoms with E-state index >= 15 is 0 Å². The van der Waals surface area contributed by atoms with E-state index in [2.05, 4.69) is 21.2 Å². The lowest BCUT2D eigenvalue weighted by atomic mass is 9.77. The van der Waals surface area contributed by atoms with Crippen molar-refractivity contribution in [1.82, 2.24) is 5.32 Å². The Bertz CT molecular complexity index is 787. The molecule has 1 unspecified atom stereocenters. The van der Waals surface area contributed by atoms with Crippen molar-refractivity contribution < 1.29 is 18.3 Å². The molecule has 2 aromatic carbocycles. The highest BCUT2D eigenvalue weighted by Gasteiger charge is 2.32. The van der Waals surface area contributed by atoms with Crippen LogP contribution in [0.15, 0.2) is 40.9 Å². The maximum atomic E-state index is 14.5. The lowest BCUT2D eigenvalue weighted by molar-refractivity contribution is -0.119. The minimum Gasteiger partial charge on any atom is -0.497 e. The number of carbonyl (C=O) groups excluding carboxylic acids is 1. The average Bonchev–Trinajstić information content (AvgIpc) is 2.64. The van der Waals surface area contributed by atoms with Gasteiger partial charge in [-0.3, -0.25) is 4.79 Å². The van der Waals surface area contributed by atoms with Gasteiger partial charge >= 0.3 is 0 Å². The maximum absolute atomic E-state index is 14.5. The fraction of sp³-hybridized carbons (Fsp3) is 0.381. The average molecular weight is 438 g/mol. The monoisotopic (exact) mass is 437 g/mol. The van der Waals surface area contributed by atoms with Crippen molar-refractivity contribution >= 4 is 21.7 Å². The number of methoxy groups -OCH3 is 1. The second-order valence-corrected chi connectivity index (χ2v) is 7.83. The van der Waals surface area contributed by atoms with E-state index in [-0.39, 0.29) is 28.9 Å². The zero-order valence-corrected chi connectivity index (χ0v) is 16.7. The Kier molecular flexibility index (Phi) is 6.60. The lowest BCUT2D eigenvalue weighted by Crippen LogP contribution is -2.37. The number of rotatable bonds is 6. The van der Waals surface area contributed by atoms with Gasteiger partial charge in [-0.05, 0) is 49.0 Å². The summed E-state index contributed by atoms with van der Waals surface area (Å²) in [6.07, 6.45) is 1.21. The normalized spacial score (nSPS) is 19.7. The molecule has 3 nitrogen and oxygen atoms in total. The molecule has 1 aliphatic rings. The van der Waals surface area contributed by atoms with Gasteiger partial charge in [0, 0.05) is 35.0 Å². The molecule has 0 radical (unpaired) electrons. The van der Waals surface area contributed by atoms with E-state index in [9.17, 15) is 13.6 Å². The second-order valence-electron chi connectivity index (χ2n) is 6.91. The summed E-state index contributed by atoms with van der Waals surface area (Å²) in [7, 11) is 1.38. The van der Waals surface area contributed by atoms with E-state index in [0.717, 1.165) is 10.0 Å². The molecular formula is C21H22BrF2NO2. The summed E-state index contributed by atoms with van der Waals surface area (Å²) in [6.45, 7) is 1.24. The number of benzene rings is 2. The van der Waals surface area contributed by atoms with Crippen LogP contribution in [0.5, 0.6) is 5.75 Å². The number of hydrogen-bond acceptors (Lipinski definition) is 3. The van der Waals surface area contributed by atoms with Crippen LogP contribution < -0.4 is 10.1 Å². The van der Waals surface area contributed by atoms with Crippen molar-refractivity contribution in [3.8, 4) is 5.75 Å². The molecule has 0 saturated carbocycles. The number of halogens is 3. The van der Waals surface area contributed by atoms with Crippen molar-refractivity contribution in [2.75, 3.05) is 20.2 Å². The smallest absolute Gasteiger partial charge is 0.137 e. The van der Waals surface area contributed by atoms with Gasteiger partial charge in [0.15, 0.2) is 0 Å². The van der Waals surface area contributed by atoms with Crippen LogP contribution in [0.4, 0.5) is 8.78 Å². The molecule has 0 bridgehead atoms. The van der Waals surface area contributed by atoms with Gasteiger partial charge in [0.1, 0.15) is 23.2 Å². The van der Waals surface area contributed by atoms with Gasteiger partial charge in [0.2, 0.25) is 0 Å². The fourth-order valence-corrected chi connectivity index (χ4v) is 4.01. The van der Waals surface area contributed by atoms with Crippen LogP contribution in [0, 0.1) is 17.6 Å². The van der Waals surface area contributed by atoms with Gasteiger partial charge in [0.05, 0.1) is 7.11 Å². The molecule has 0 spiro atoms. The Hall–Kier alpha value is -1.79. The molecule has 0 amide bonds. The van der Waals surface area contributed by atoms with Crippen LogP contribution in [-0.4, -0.2) is 26.0 Å². The summed E-state index contributed by atoms with van der Waals surface area (Å²) in [5.41, 5.74) is 1.00. The van der Waals surface area contributed by atoms with Crippen LogP contribution in [0.25, 0.3) is 0 Å². The van der Waals surface area contributed by atoms with E-state index in [1.54, 1.807) is 0 Å². The van der Waals surface area contributed by atoms with Gasteiger partial charge in [-0.1, -0.05) is 28.1 Å². The molecule has 1 fully saturated rings. The maximum Gasteiger partial charge on any atom is 0.137 e. The van der Waals surface area contributed by atoms with Gasteiger partial charge in [0.25, 0.3) is 0 Å². The topological polar surface area (TPSA) is 38.3 Å². The number of ether oxygens (including phenoxy) is 1. The Morgan fingerprint density at radius 2 is 1.89 bits per heavy atom. The van der Waals surface area contributed by atoms with Gasteiger partial charge < -0.3 is 10.1 Å². The van der Waals surface area contributed by atoms with Crippen molar-refractivity contribution in [1.29, 1.82) is 0 Å². The highest BCUT2D eigenvalue weighted by Crippen LogP contribution is 2.37. The molecule has 2 atom stereocenters. The second kappa shape index (κ2) is 8.93. The zero-order valence-electron chi connectivity index (χ0n) is 15.1. The molecule has 6 heteroatoms. The first kappa shape index (κ1) is 20.0. The number of nitrogens with one attached hydrogen (secondary N) is 1. The third-order valence-electron chi connectivity index (χ3n) is 5.07.